The zero-order valence-corrected chi connectivity index (χ0v) is 19.7. The van der Waals surface area contributed by atoms with Crippen LogP contribution in [-0.4, -0.2) is 52.6 Å². The molecule has 2 aliphatic heterocycles. The van der Waals surface area contributed by atoms with Gasteiger partial charge in [0.2, 0.25) is 5.91 Å². The van der Waals surface area contributed by atoms with Crippen LogP contribution in [0.4, 0.5) is 8.78 Å². The van der Waals surface area contributed by atoms with Gasteiger partial charge in [-0.3, -0.25) is 19.5 Å². The van der Waals surface area contributed by atoms with Crippen molar-refractivity contribution in [3.05, 3.63) is 71.8 Å². The minimum absolute atomic E-state index is 0.0514. The standard InChI is InChI=1S/C29H25F2N3O2/c30-23-7-5-18-1-4-20(11-22(18)12-23)21-6-8-24(25(31)13-21)26-32-29(9-10-29)28(36)34(26)16-17-14-33(15-17)27(35)19-2-3-19/h1,4-8,11-13,17,19H,2-3,9-10,14-16H2. The molecule has 1 spiro atoms. The van der Waals surface area contributed by atoms with E-state index in [2.05, 4.69) is 0 Å². The number of amidine groups is 1. The lowest BCUT2D eigenvalue weighted by molar-refractivity contribution is -0.139. The van der Waals surface area contributed by atoms with Gasteiger partial charge in [-0.1, -0.05) is 24.3 Å². The van der Waals surface area contributed by atoms with Gasteiger partial charge in [0.05, 0.1) is 5.56 Å². The summed E-state index contributed by atoms with van der Waals surface area (Å²) in [6, 6.07) is 15.2. The van der Waals surface area contributed by atoms with Crippen molar-refractivity contribution in [3.8, 4) is 11.1 Å². The Morgan fingerprint density at radius 1 is 0.944 bits per heavy atom. The Morgan fingerprint density at radius 2 is 1.67 bits per heavy atom. The Hall–Kier alpha value is -3.61. The highest BCUT2D eigenvalue weighted by atomic mass is 19.1. The van der Waals surface area contributed by atoms with E-state index in [4.69, 9.17) is 4.99 Å². The number of hydrogen-bond acceptors (Lipinski definition) is 3. The number of likely N-dealkylation sites (tertiary alicyclic amines) is 1. The molecule has 1 saturated heterocycles. The molecule has 2 aliphatic carbocycles. The van der Waals surface area contributed by atoms with E-state index in [1.54, 1.807) is 17.0 Å². The SMILES string of the molecule is O=C(C1CC1)N1CC(CN2C(=O)C3(CC3)N=C2c2ccc(-c3ccc4ccc(F)cc4c3)cc2F)C1. The van der Waals surface area contributed by atoms with Crippen LogP contribution in [0.25, 0.3) is 21.9 Å². The minimum atomic E-state index is -0.726. The first kappa shape index (κ1) is 21.7. The van der Waals surface area contributed by atoms with Crippen LogP contribution in [0.15, 0.2) is 59.6 Å². The van der Waals surface area contributed by atoms with E-state index >= 15 is 4.39 Å². The van der Waals surface area contributed by atoms with Crippen molar-refractivity contribution in [2.75, 3.05) is 19.6 Å². The van der Waals surface area contributed by atoms with Crippen LogP contribution in [0, 0.1) is 23.5 Å². The molecule has 3 fully saturated rings. The predicted octanol–water partition coefficient (Wildman–Crippen LogP) is 4.77. The quantitative estimate of drug-likeness (QED) is 0.523. The maximum Gasteiger partial charge on any atom is 0.256 e. The van der Waals surface area contributed by atoms with Crippen LogP contribution in [0.1, 0.15) is 31.2 Å². The molecule has 2 saturated carbocycles. The fourth-order valence-corrected chi connectivity index (χ4v) is 5.46. The number of fused-ring (bicyclic) bond motifs is 1. The Bertz CT molecular complexity index is 1470. The van der Waals surface area contributed by atoms with Gasteiger partial charge in [-0.15, -0.1) is 0 Å². The minimum Gasteiger partial charge on any atom is -0.342 e. The van der Waals surface area contributed by atoms with Crippen LogP contribution in [-0.2, 0) is 9.59 Å². The lowest BCUT2D eigenvalue weighted by Gasteiger charge is -2.41. The summed E-state index contributed by atoms with van der Waals surface area (Å²) < 4.78 is 29.2. The van der Waals surface area contributed by atoms with Gasteiger partial charge in [0, 0.05) is 31.5 Å². The number of benzene rings is 3. The van der Waals surface area contributed by atoms with Crippen LogP contribution in [0.5, 0.6) is 0 Å². The highest BCUT2D eigenvalue weighted by molar-refractivity contribution is 6.16. The molecule has 3 aromatic carbocycles. The van der Waals surface area contributed by atoms with E-state index in [1.165, 1.54) is 18.2 Å². The summed E-state index contributed by atoms with van der Waals surface area (Å²) in [6.07, 6.45) is 3.34. The van der Waals surface area contributed by atoms with E-state index in [1.807, 2.05) is 29.2 Å². The van der Waals surface area contributed by atoms with Crippen molar-refractivity contribution in [2.45, 2.75) is 31.2 Å². The molecule has 0 atom stereocenters. The molecule has 0 unspecified atom stereocenters. The molecule has 0 aromatic heterocycles. The van der Waals surface area contributed by atoms with E-state index in [0.717, 1.165) is 29.2 Å². The highest BCUT2D eigenvalue weighted by Crippen LogP contribution is 2.46. The van der Waals surface area contributed by atoms with Gasteiger partial charge in [-0.05, 0) is 77.9 Å². The van der Waals surface area contributed by atoms with Gasteiger partial charge in [0.25, 0.3) is 5.91 Å². The lowest BCUT2D eigenvalue weighted by atomic mass is 9.97. The Labute approximate surface area is 207 Å². The summed E-state index contributed by atoms with van der Waals surface area (Å²) in [5.74, 6) is 0.186. The summed E-state index contributed by atoms with van der Waals surface area (Å²) >= 11 is 0. The number of amides is 2. The molecule has 2 amide bonds. The monoisotopic (exact) mass is 485 g/mol. The molecule has 7 rings (SSSR count). The molecular weight excluding hydrogens is 460 g/mol. The van der Waals surface area contributed by atoms with Crippen LogP contribution < -0.4 is 0 Å². The molecule has 182 valence electrons. The molecule has 5 nitrogen and oxygen atoms in total. The summed E-state index contributed by atoms with van der Waals surface area (Å²) in [6.45, 7) is 1.73. The van der Waals surface area contributed by atoms with Crippen molar-refractivity contribution in [1.82, 2.24) is 9.80 Å². The maximum atomic E-state index is 15.5. The molecule has 7 heteroatoms. The van der Waals surface area contributed by atoms with Crippen molar-refractivity contribution in [3.63, 3.8) is 0 Å². The second kappa shape index (κ2) is 7.69. The summed E-state index contributed by atoms with van der Waals surface area (Å²) in [5.41, 5.74) is 1.05. The zero-order chi connectivity index (χ0) is 24.6. The zero-order valence-electron chi connectivity index (χ0n) is 19.7. The Balaban J connectivity index is 1.15. The molecule has 0 radical (unpaired) electrons. The largest absolute Gasteiger partial charge is 0.342 e. The molecular formula is C29H25F2N3O2. The first-order chi connectivity index (χ1) is 17.4. The molecule has 4 aliphatic rings. The topological polar surface area (TPSA) is 53.0 Å². The van der Waals surface area contributed by atoms with Crippen LogP contribution >= 0.6 is 0 Å². The normalized spacial score (nSPS) is 20.7. The van der Waals surface area contributed by atoms with Crippen LogP contribution in [0.3, 0.4) is 0 Å². The van der Waals surface area contributed by atoms with Crippen molar-refractivity contribution >= 4 is 28.4 Å². The number of halogens is 2. The van der Waals surface area contributed by atoms with Crippen LogP contribution in [0.2, 0.25) is 0 Å². The lowest BCUT2D eigenvalue weighted by Crippen LogP contribution is -2.55. The van der Waals surface area contributed by atoms with E-state index in [-0.39, 0.29) is 29.5 Å². The van der Waals surface area contributed by atoms with Gasteiger partial charge in [0.15, 0.2) is 0 Å². The number of carbonyl (C=O) groups is 2. The average molecular weight is 486 g/mol. The number of hydrogen-bond donors (Lipinski definition) is 0. The van der Waals surface area contributed by atoms with Gasteiger partial charge in [-0.2, -0.15) is 0 Å². The molecule has 0 N–H and O–H groups in total. The highest BCUT2D eigenvalue weighted by Gasteiger charge is 2.58. The van der Waals surface area contributed by atoms with Gasteiger partial charge < -0.3 is 4.90 Å². The maximum absolute atomic E-state index is 15.5. The Kier molecular flexibility index (Phi) is 4.63. The van der Waals surface area contributed by atoms with E-state index in [9.17, 15) is 14.0 Å². The summed E-state index contributed by atoms with van der Waals surface area (Å²) in [5, 5.41) is 1.66. The molecule has 2 heterocycles. The summed E-state index contributed by atoms with van der Waals surface area (Å²) in [7, 11) is 0. The van der Waals surface area contributed by atoms with Gasteiger partial charge in [-0.25, -0.2) is 8.78 Å². The summed E-state index contributed by atoms with van der Waals surface area (Å²) in [4.78, 5) is 33.7. The second-order valence-electron chi connectivity index (χ2n) is 10.7. The number of aliphatic imine (C=N–C) groups is 1. The van der Waals surface area contributed by atoms with Gasteiger partial charge >= 0.3 is 0 Å². The molecule has 3 aromatic rings. The third kappa shape index (κ3) is 3.52. The van der Waals surface area contributed by atoms with Crippen molar-refractivity contribution in [1.29, 1.82) is 0 Å². The molecule has 36 heavy (non-hydrogen) atoms. The van der Waals surface area contributed by atoms with E-state index in [0.29, 0.717) is 49.4 Å². The Morgan fingerprint density at radius 3 is 2.39 bits per heavy atom. The third-order valence-electron chi connectivity index (χ3n) is 7.92. The predicted molar refractivity (Wildman–Crippen MR) is 132 cm³/mol. The fourth-order valence-electron chi connectivity index (χ4n) is 5.46. The average Bonchev–Trinajstić information content (AvgIpc) is 3.76. The van der Waals surface area contributed by atoms with Crippen molar-refractivity contribution < 1.29 is 18.4 Å². The first-order valence-electron chi connectivity index (χ1n) is 12.6. The second-order valence-corrected chi connectivity index (χ2v) is 10.7. The third-order valence-corrected chi connectivity index (χ3v) is 7.92. The number of rotatable bonds is 5. The molecule has 0 bridgehead atoms. The fraction of sp³-hybridized carbons (Fsp3) is 0.345. The van der Waals surface area contributed by atoms with E-state index < -0.39 is 11.4 Å². The van der Waals surface area contributed by atoms with Gasteiger partial charge in [0.1, 0.15) is 23.0 Å². The first-order valence-corrected chi connectivity index (χ1v) is 12.6. The smallest absolute Gasteiger partial charge is 0.256 e. The van der Waals surface area contributed by atoms with Crippen molar-refractivity contribution in [2.24, 2.45) is 16.8 Å². The number of carbonyl (C=O) groups excluding carboxylic acids is 2. The number of nitrogens with zero attached hydrogens (tertiary/aromatic N) is 3.